The summed E-state index contributed by atoms with van der Waals surface area (Å²) in [6, 6.07) is 0. The number of rotatable bonds is 11. The number of hydrogen-bond acceptors (Lipinski definition) is 5. The molecule has 5 heteroatoms. The molecule has 25 heavy (non-hydrogen) atoms. The van der Waals surface area contributed by atoms with Gasteiger partial charge in [0, 0.05) is 31.0 Å². The van der Waals surface area contributed by atoms with Gasteiger partial charge in [0.15, 0.2) is 11.6 Å². The Morgan fingerprint density at radius 1 is 1.12 bits per heavy atom. The fourth-order valence-corrected chi connectivity index (χ4v) is 2.16. The maximum Gasteiger partial charge on any atom is 0.163 e. The number of Topliss-reactive ketones (excluding diaryl/α,β-unsaturated/α-hetero) is 2. The summed E-state index contributed by atoms with van der Waals surface area (Å²) in [5.74, 6) is 1.05. The van der Waals surface area contributed by atoms with Gasteiger partial charge in [0.05, 0.1) is 13.2 Å². The van der Waals surface area contributed by atoms with E-state index in [9.17, 15) is 9.59 Å². The standard InChI is InChI=1S/C10H18O3.C10H20O2/c1-8(2)10(11)7-13-6-9-3-4-12-5-9;1-5-6-7-12-9(4)10(11)8(2)3/h8-9H,3-7H2,1-2H3;8-9H,5-7H2,1-4H3. The minimum absolute atomic E-state index is 0.0832. The van der Waals surface area contributed by atoms with Gasteiger partial charge in [-0.3, -0.25) is 9.59 Å². The average molecular weight is 359 g/mol. The van der Waals surface area contributed by atoms with Crippen molar-refractivity contribution in [3.8, 4) is 0 Å². The van der Waals surface area contributed by atoms with Crippen molar-refractivity contribution in [1.82, 2.24) is 0 Å². The van der Waals surface area contributed by atoms with E-state index in [2.05, 4.69) is 6.92 Å². The van der Waals surface area contributed by atoms with E-state index in [-0.39, 0.29) is 36.1 Å². The molecule has 1 aliphatic rings. The molecule has 0 bridgehead atoms. The van der Waals surface area contributed by atoms with Crippen LogP contribution in [0.1, 0.15) is 60.8 Å². The lowest BCUT2D eigenvalue weighted by molar-refractivity contribution is -0.132. The molecule has 0 aliphatic carbocycles. The van der Waals surface area contributed by atoms with Gasteiger partial charge in [0.1, 0.15) is 12.7 Å². The lowest BCUT2D eigenvalue weighted by atomic mass is 10.1. The monoisotopic (exact) mass is 358 g/mol. The van der Waals surface area contributed by atoms with Crippen molar-refractivity contribution >= 4 is 11.6 Å². The lowest BCUT2D eigenvalue weighted by Gasteiger charge is -2.13. The van der Waals surface area contributed by atoms with Crippen molar-refractivity contribution in [1.29, 1.82) is 0 Å². The Balaban J connectivity index is 0.000000463. The summed E-state index contributed by atoms with van der Waals surface area (Å²) >= 11 is 0. The van der Waals surface area contributed by atoms with Crippen LogP contribution in [0.4, 0.5) is 0 Å². The van der Waals surface area contributed by atoms with Gasteiger partial charge in [-0.25, -0.2) is 0 Å². The maximum atomic E-state index is 11.3. The highest BCUT2D eigenvalue weighted by molar-refractivity contribution is 5.84. The molecule has 0 saturated carbocycles. The molecular formula is C20H38O5. The third-order valence-electron chi connectivity index (χ3n) is 4.10. The normalized spacial score (nSPS) is 18.2. The van der Waals surface area contributed by atoms with Crippen LogP contribution in [0.25, 0.3) is 0 Å². The number of ether oxygens (including phenoxy) is 3. The second-order valence-electron chi connectivity index (χ2n) is 7.29. The van der Waals surface area contributed by atoms with Gasteiger partial charge in [-0.2, -0.15) is 0 Å². The van der Waals surface area contributed by atoms with Crippen molar-refractivity contribution in [2.24, 2.45) is 17.8 Å². The van der Waals surface area contributed by atoms with Crippen LogP contribution < -0.4 is 0 Å². The number of unbranched alkanes of at least 4 members (excludes halogenated alkanes) is 1. The third kappa shape index (κ3) is 12.2. The SMILES string of the molecule is CC(C)C(=O)COCC1CCOC1.CCCCOC(C)C(=O)C(C)C. The highest BCUT2D eigenvalue weighted by Crippen LogP contribution is 2.12. The maximum absolute atomic E-state index is 11.3. The Kier molecular flexibility index (Phi) is 13.9. The second-order valence-corrected chi connectivity index (χ2v) is 7.29. The van der Waals surface area contributed by atoms with Crippen LogP contribution in [-0.2, 0) is 23.8 Å². The zero-order valence-corrected chi connectivity index (χ0v) is 17.0. The lowest BCUT2D eigenvalue weighted by Crippen LogP contribution is -2.25. The van der Waals surface area contributed by atoms with E-state index in [1.165, 1.54) is 0 Å². The van der Waals surface area contributed by atoms with Crippen LogP contribution >= 0.6 is 0 Å². The highest BCUT2D eigenvalue weighted by Gasteiger charge is 2.17. The van der Waals surface area contributed by atoms with Crippen molar-refractivity contribution < 1.29 is 23.8 Å². The summed E-state index contributed by atoms with van der Waals surface area (Å²) in [6.45, 7) is 14.8. The smallest absolute Gasteiger partial charge is 0.163 e. The van der Waals surface area contributed by atoms with E-state index >= 15 is 0 Å². The van der Waals surface area contributed by atoms with Crippen LogP contribution in [0.5, 0.6) is 0 Å². The molecule has 2 unspecified atom stereocenters. The van der Waals surface area contributed by atoms with Gasteiger partial charge in [0.2, 0.25) is 0 Å². The summed E-state index contributed by atoms with van der Waals surface area (Å²) < 4.78 is 15.9. The third-order valence-corrected chi connectivity index (χ3v) is 4.10. The van der Waals surface area contributed by atoms with Gasteiger partial charge < -0.3 is 14.2 Å². The molecule has 1 heterocycles. The van der Waals surface area contributed by atoms with E-state index in [0.717, 1.165) is 32.5 Å². The van der Waals surface area contributed by atoms with E-state index in [1.807, 2.05) is 34.6 Å². The molecule has 0 aromatic rings. The van der Waals surface area contributed by atoms with Crippen molar-refractivity contribution in [2.45, 2.75) is 66.9 Å². The highest BCUT2D eigenvalue weighted by atomic mass is 16.5. The Labute approximate surface area is 153 Å². The molecule has 1 fully saturated rings. The van der Waals surface area contributed by atoms with Gasteiger partial charge in [-0.15, -0.1) is 0 Å². The van der Waals surface area contributed by atoms with Crippen molar-refractivity contribution in [3.05, 3.63) is 0 Å². The molecule has 0 N–H and O–H groups in total. The molecule has 0 radical (unpaired) electrons. The van der Waals surface area contributed by atoms with E-state index in [4.69, 9.17) is 14.2 Å². The summed E-state index contributed by atoms with van der Waals surface area (Å²) in [6.07, 6.45) is 2.99. The summed E-state index contributed by atoms with van der Waals surface area (Å²) in [5.41, 5.74) is 0. The van der Waals surface area contributed by atoms with Gasteiger partial charge in [-0.05, 0) is 19.8 Å². The Morgan fingerprint density at radius 3 is 2.28 bits per heavy atom. The molecule has 5 nitrogen and oxygen atoms in total. The first kappa shape index (κ1) is 24.2. The molecule has 148 valence electrons. The second kappa shape index (κ2) is 14.4. The molecule has 1 saturated heterocycles. The van der Waals surface area contributed by atoms with Crippen molar-refractivity contribution in [3.63, 3.8) is 0 Å². The Hall–Kier alpha value is -0.780. The molecular weight excluding hydrogens is 320 g/mol. The summed E-state index contributed by atoms with van der Waals surface area (Å²) in [4.78, 5) is 22.5. The first-order chi connectivity index (χ1) is 11.8. The quantitative estimate of drug-likeness (QED) is 0.527. The zero-order valence-electron chi connectivity index (χ0n) is 17.0. The number of ketones is 2. The summed E-state index contributed by atoms with van der Waals surface area (Å²) in [5, 5.41) is 0. The molecule has 1 rings (SSSR count). The first-order valence-corrected chi connectivity index (χ1v) is 9.63. The van der Waals surface area contributed by atoms with E-state index in [1.54, 1.807) is 0 Å². The summed E-state index contributed by atoms with van der Waals surface area (Å²) in [7, 11) is 0. The number of carbonyl (C=O) groups excluding carboxylic acids is 2. The average Bonchev–Trinajstić information content (AvgIpc) is 3.07. The topological polar surface area (TPSA) is 61.8 Å². The predicted octanol–water partition coefficient (Wildman–Crippen LogP) is 3.68. The largest absolute Gasteiger partial charge is 0.381 e. The minimum Gasteiger partial charge on any atom is -0.381 e. The van der Waals surface area contributed by atoms with E-state index < -0.39 is 0 Å². The van der Waals surface area contributed by atoms with Crippen LogP contribution in [0, 0.1) is 17.8 Å². The molecule has 0 spiro atoms. The fraction of sp³-hybridized carbons (Fsp3) is 0.900. The molecule has 0 aromatic heterocycles. The Morgan fingerprint density at radius 2 is 1.80 bits per heavy atom. The molecule has 1 aliphatic heterocycles. The molecule has 0 aromatic carbocycles. The number of carbonyl (C=O) groups is 2. The van der Waals surface area contributed by atoms with Crippen LogP contribution in [0.15, 0.2) is 0 Å². The van der Waals surface area contributed by atoms with Gasteiger partial charge in [-0.1, -0.05) is 41.0 Å². The van der Waals surface area contributed by atoms with Crippen LogP contribution in [0.3, 0.4) is 0 Å². The fourth-order valence-electron chi connectivity index (χ4n) is 2.16. The minimum atomic E-state index is -0.225. The van der Waals surface area contributed by atoms with Gasteiger partial charge in [0.25, 0.3) is 0 Å². The Bertz CT molecular complexity index is 359. The predicted molar refractivity (Wildman–Crippen MR) is 99.8 cm³/mol. The van der Waals surface area contributed by atoms with E-state index in [0.29, 0.717) is 19.1 Å². The number of hydrogen-bond donors (Lipinski definition) is 0. The van der Waals surface area contributed by atoms with Crippen LogP contribution in [0.2, 0.25) is 0 Å². The van der Waals surface area contributed by atoms with Gasteiger partial charge >= 0.3 is 0 Å². The van der Waals surface area contributed by atoms with Crippen LogP contribution in [-0.4, -0.2) is 50.7 Å². The molecule has 0 amide bonds. The molecule has 2 atom stereocenters. The first-order valence-electron chi connectivity index (χ1n) is 9.63. The zero-order chi connectivity index (χ0) is 19.2. The van der Waals surface area contributed by atoms with Crippen molar-refractivity contribution in [2.75, 3.05) is 33.0 Å².